The van der Waals surface area contributed by atoms with E-state index in [1.165, 1.54) is 17.5 Å². The van der Waals surface area contributed by atoms with E-state index in [9.17, 15) is 0 Å². The van der Waals surface area contributed by atoms with Crippen LogP contribution in [0.4, 0.5) is 0 Å². The number of nitrogens with zero attached hydrogens (tertiary/aromatic N) is 3. The SMILES string of the molecule is c1cc(CN2CCC[C@@H]2c2cccc3c2OCCO3)cc(-n2cccn2)c1. The number of ether oxygens (including phenoxy) is 2. The van der Waals surface area contributed by atoms with E-state index in [4.69, 9.17) is 9.47 Å². The van der Waals surface area contributed by atoms with Gasteiger partial charge in [-0.05, 0) is 49.2 Å². The predicted octanol–water partition coefficient (Wildman–Crippen LogP) is 3.98. The first-order valence-corrected chi connectivity index (χ1v) is 9.60. The van der Waals surface area contributed by atoms with E-state index in [2.05, 4.69) is 46.4 Å². The van der Waals surface area contributed by atoms with Crippen molar-refractivity contribution < 1.29 is 9.47 Å². The number of benzene rings is 2. The van der Waals surface area contributed by atoms with Gasteiger partial charge in [0.15, 0.2) is 11.5 Å². The fourth-order valence-electron chi connectivity index (χ4n) is 4.18. The van der Waals surface area contributed by atoms with E-state index in [1.54, 1.807) is 0 Å². The molecule has 0 unspecified atom stereocenters. The van der Waals surface area contributed by atoms with E-state index in [-0.39, 0.29) is 0 Å². The highest BCUT2D eigenvalue weighted by molar-refractivity contribution is 5.49. The molecule has 0 N–H and O–H groups in total. The van der Waals surface area contributed by atoms with Crippen LogP contribution in [0.15, 0.2) is 60.9 Å². The summed E-state index contributed by atoms with van der Waals surface area (Å²) in [6.45, 7) is 3.28. The minimum atomic E-state index is 0.370. The van der Waals surface area contributed by atoms with Crippen LogP contribution in [0.5, 0.6) is 11.5 Å². The first kappa shape index (κ1) is 16.4. The van der Waals surface area contributed by atoms with Gasteiger partial charge in [0, 0.05) is 30.5 Å². The van der Waals surface area contributed by atoms with Crippen molar-refractivity contribution in [3.63, 3.8) is 0 Å². The van der Waals surface area contributed by atoms with Crippen molar-refractivity contribution in [3.05, 3.63) is 72.1 Å². The molecule has 5 heteroatoms. The third-order valence-electron chi connectivity index (χ3n) is 5.38. The van der Waals surface area contributed by atoms with Crippen LogP contribution >= 0.6 is 0 Å². The molecule has 1 fully saturated rings. The smallest absolute Gasteiger partial charge is 0.166 e. The van der Waals surface area contributed by atoms with Gasteiger partial charge in [-0.3, -0.25) is 4.90 Å². The molecule has 0 saturated carbocycles. The number of hydrogen-bond donors (Lipinski definition) is 0. The minimum Gasteiger partial charge on any atom is -0.486 e. The molecule has 0 radical (unpaired) electrons. The van der Waals surface area contributed by atoms with Crippen LogP contribution in [-0.2, 0) is 6.54 Å². The maximum Gasteiger partial charge on any atom is 0.166 e. The molecule has 1 aromatic heterocycles. The number of aromatic nitrogens is 2. The molecule has 3 aromatic rings. The zero-order valence-electron chi connectivity index (χ0n) is 15.3. The molecule has 27 heavy (non-hydrogen) atoms. The molecule has 2 aliphatic heterocycles. The van der Waals surface area contributed by atoms with Gasteiger partial charge >= 0.3 is 0 Å². The van der Waals surface area contributed by atoms with Gasteiger partial charge in [-0.15, -0.1) is 0 Å². The summed E-state index contributed by atoms with van der Waals surface area (Å²) in [7, 11) is 0. The van der Waals surface area contributed by atoms with E-state index < -0.39 is 0 Å². The van der Waals surface area contributed by atoms with Crippen LogP contribution in [-0.4, -0.2) is 34.4 Å². The highest BCUT2D eigenvalue weighted by atomic mass is 16.6. The molecule has 5 rings (SSSR count). The van der Waals surface area contributed by atoms with Crippen molar-refractivity contribution >= 4 is 0 Å². The average Bonchev–Trinajstić information content (AvgIpc) is 3.40. The molecule has 0 spiro atoms. The first-order chi connectivity index (χ1) is 13.4. The topological polar surface area (TPSA) is 39.5 Å². The van der Waals surface area contributed by atoms with Crippen LogP contribution in [0.2, 0.25) is 0 Å². The Kier molecular flexibility index (Phi) is 4.30. The lowest BCUT2D eigenvalue weighted by atomic mass is 10.0. The molecule has 0 bridgehead atoms. The molecule has 1 saturated heterocycles. The van der Waals surface area contributed by atoms with Crippen molar-refractivity contribution in [2.45, 2.75) is 25.4 Å². The quantitative estimate of drug-likeness (QED) is 0.705. The molecule has 2 aliphatic rings. The first-order valence-electron chi connectivity index (χ1n) is 9.60. The van der Waals surface area contributed by atoms with Crippen LogP contribution in [0, 0.1) is 0 Å². The van der Waals surface area contributed by atoms with Gasteiger partial charge in [0.25, 0.3) is 0 Å². The summed E-state index contributed by atoms with van der Waals surface area (Å²) >= 11 is 0. The van der Waals surface area contributed by atoms with E-state index in [1.807, 2.05) is 29.2 Å². The summed E-state index contributed by atoms with van der Waals surface area (Å²) in [6, 6.07) is 17.2. The van der Waals surface area contributed by atoms with Crippen molar-refractivity contribution in [1.82, 2.24) is 14.7 Å². The summed E-state index contributed by atoms with van der Waals surface area (Å²) in [5.74, 6) is 1.82. The summed E-state index contributed by atoms with van der Waals surface area (Å²) < 4.78 is 13.7. The van der Waals surface area contributed by atoms with Gasteiger partial charge < -0.3 is 9.47 Å². The van der Waals surface area contributed by atoms with Crippen molar-refractivity contribution in [1.29, 1.82) is 0 Å². The third kappa shape index (κ3) is 3.19. The number of rotatable bonds is 4. The number of fused-ring (bicyclic) bond motifs is 1. The third-order valence-corrected chi connectivity index (χ3v) is 5.38. The second-order valence-corrected chi connectivity index (χ2v) is 7.12. The standard InChI is InChI=1S/C22H23N3O2/c1-5-17(15-18(6-1)25-12-4-10-23-25)16-24-11-3-8-20(24)19-7-2-9-21-22(19)27-14-13-26-21/h1-2,4-7,9-10,12,15,20H,3,8,11,13-14,16H2/t20-/m1/s1. The Morgan fingerprint density at radius 3 is 2.89 bits per heavy atom. The molecule has 1 atom stereocenters. The second-order valence-electron chi connectivity index (χ2n) is 7.12. The van der Waals surface area contributed by atoms with Gasteiger partial charge in [0.2, 0.25) is 0 Å². The Balaban J connectivity index is 1.41. The van der Waals surface area contributed by atoms with E-state index in [0.717, 1.165) is 36.7 Å². The Morgan fingerprint density at radius 1 is 1.04 bits per heavy atom. The molecule has 0 amide bonds. The van der Waals surface area contributed by atoms with Gasteiger partial charge in [-0.25, -0.2) is 4.68 Å². The zero-order valence-corrected chi connectivity index (χ0v) is 15.3. The van der Waals surface area contributed by atoms with Gasteiger partial charge in [-0.2, -0.15) is 5.10 Å². The van der Waals surface area contributed by atoms with Gasteiger partial charge in [0.1, 0.15) is 13.2 Å². The summed E-state index contributed by atoms with van der Waals surface area (Å²) in [6.07, 6.45) is 6.14. The van der Waals surface area contributed by atoms with Gasteiger partial charge in [0.05, 0.1) is 5.69 Å². The Bertz CT molecular complexity index is 923. The lowest BCUT2D eigenvalue weighted by molar-refractivity contribution is 0.163. The fraction of sp³-hybridized carbons (Fsp3) is 0.318. The van der Waals surface area contributed by atoms with E-state index in [0.29, 0.717) is 19.3 Å². The summed E-state index contributed by atoms with van der Waals surface area (Å²) in [4.78, 5) is 2.55. The van der Waals surface area contributed by atoms with Crippen molar-refractivity contribution in [2.24, 2.45) is 0 Å². The Morgan fingerprint density at radius 2 is 1.96 bits per heavy atom. The highest BCUT2D eigenvalue weighted by Gasteiger charge is 2.30. The molecule has 3 heterocycles. The normalized spacial score (nSPS) is 19.3. The Labute approximate surface area is 159 Å². The van der Waals surface area contributed by atoms with E-state index >= 15 is 0 Å². The lowest BCUT2D eigenvalue weighted by Gasteiger charge is -2.29. The number of hydrogen-bond acceptors (Lipinski definition) is 4. The zero-order chi connectivity index (χ0) is 18.1. The minimum absolute atomic E-state index is 0.370. The lowest BCUT2D eigenvalue weighted by Crippen LogP contribution is -2.24. The summed E-state index contributed by atoms with van der Waals surface area (Å²) in [5, 5.41) is 4.34. The summed E-state index contributed by atoms with van der Waals surface area (Å²) in [5.41, 5.74) is 3.66. The maximum absolute atomic E-state index is 5.97. The fourth-order valence-corrected chi connectivity index (χ4v) is 4.18. The largest absolute Gasteiger partial charge is 0.486 e. The average molecular weight is 361 g/mol. The monoisotopic (exact) mass is 361 g/mol. The van der Waals surface area contributed by atoms with Crippen LogP contribution < -0.4 is 9.47 Å². The molecule has 0 aliphatic carbocycles. The van der Waals surface area contributed by atoms with Crippen LogP contribution in [0.3, 0.4) is 0 Å². The number of likely N-dealkylation sites (tertiary alicyclic amines) is 1. The molecule has 5 nitrogen and oxygen atoms in total. The molecular formula is C22H23N3O2. The predicted molar refractivity (Wildman–Crippen MR) is 103 cm³/mol. The van der Waals surface area contributed by atoms with Crippen molar-refractivity contribution in [2.75, 3.05) is 19.8 Å². The second kappa shape index (κ2) is 7.08. The van der Waals surface area contributed by atoms with Crippen LogP contribution in [0.1, 0.15) is 30.0 Å². The maximum atomic E-state index is 5.97. The van der Waals surface area contributed by atoms with Crippen molar-refractivity contribution in [3.8, 4) is 17.2 Å². The number of para-hydroxylation sites is 1. The molecule has 138 valence electrons. The highest BCUT2D eigenvalue weighted by Crippen LogP contribution is 2.43. The molecule has 2 aromatic carbocycles. The van der Waals surface area contributed by atoms with Gasteiger partial charge in [-0.1, -0.05) is 24.3 Å². The van der Waals surface area contributed by atoms with Crippen LogP contribution in [0.25, 0.3) is 5.69 Å². The molecular weight excluding hydrogens is 338 g/mol. The Hall–Kier alpha value is -2.79.